The van der Waals surface area contributed by atoms with Crippen LogP contribution in [0.1, 0.15) is 36.1 Å². The average molecular weight is 317 g/mol. The van der Waals surface area contributed by atoms with Gasteiger partial charge in [0, 0.05) is 0 Å². The van der Waals surface area contributed by atoms with E-state index in [0.717, 1.165) is 12.8 Å². The van der Waals surface area contributed by atoms with Gasteiger partial charge in [0.15, 0.2) is 0 Å². The maximum Gasteiger partial charge on any atom is 0.113 e. The Balaban J connectivity index is 1.89. The van der Waals surface area contributed by atoms with Crippen LogP contribution >= 0.6 is 0 Å². The molecule has 2 aliphatic rings. The summed E-state index contributed by atoms with van der Waals surface area (Å²) in [5.74, 6) is 0. The molecule has 0 heterocycles. The zero-order valence-electron chi connectivity index (χ0n) is 14.5. The van der Waals surface area contributed by atoms with Gasteiger partial charge in [0.05, 0.1) is 0 Å². The first-order valence-electron chi connectivity index (χ1n) is 8.59. The molecule has 4 rings (SSSR count). The fraction of sp³-hybridized carbons (Fsp3) is 0.273. The van der Waals surface area contributed by atoms with Gasteiger partial charge >= 0.3 is 0 Å². The van der Waals surface area contributed by atoms with Gasteiger partial charge < -0.3 is 0 Å². The highest BCUT2D eigenvalue weighted by atomic mass is 28.3. The van der Waals surface area contributed by atoms with Crippen LogP contribution in [0.15, 0.2) is 48.6 Å². The van der Waals surface area contributed by atoms with Gasteiger partial charge in [-0.25, -0.2) is 0 Å². The quantitative estimate of drug-likeness (QED) is 0.719. The number of hydrogen-bond acceptors (Lipinski definition) is 0. The fourth-order valence-electron chi connectivity index (χ4n) is 4.40. The smallest absolute Gasteiger partial charge is 0.0766 e. The summed E-state index contributed by atoms with van der Waals surface area (Å²) < 4.78 is 0. The van der Waals surface area contributed by atoms with Crippen molar-refractivity contribution in [3.05, 3.63) is 70.8 Å². The first kappa shape index (κ1) is 14.7. The fourth-order valence-corrected chi connectivity index (χ4v) is 7.70. The molecule has 1 heteroatoms. The summed E-state index contributed by atoms with van der Waals surface area (Å²) in [4.78, 5) is 0. The minimum atomic E-state index is -1.70. The van der Waals surface area contributed by atoms with Crippen LogP contribution in [0, 0.1) is 0 Å². The van der Waals surface area contributed by atoms with E-state index < -0.39 is 8.07 Å². The van der Waals surface area contributed by atoms with Crippen molar-refractivity contribution < 1.29 is 0 Å². The molecule has 0 amide bonds. The molecule has 2 aromatic carbocycles. The summed E-state index contributed by atoms with van der Waals surface area (Å²) in [5.41, 5.74) is 9.02. The Hall–Kier alpha value is -1.86. The molecular formula is C22H24Si. The summed E-state index contributed by atoms with van der Waals surface area (Å²) in [6, 6.07) is 13.9. The molecule has 0 spiro atoms. The van der Waals surface area contributed by atoms with E-state index in [-0.39, 0.29) is 0 Å². The van der Waals surface area contributed by atoms with Crippen molar-refractivity contribution in [3.63, 3.8) is 0 Å². The van der Waals surface area contributed by atoms with Crippen molar-refractivity contribution in [2.24, 2.45) is 0 Å². The molecule has 0 radical (unpaired) electrons. The largest absolute Gasteiger partial charge is 0.113 e. The molecule has 0 nitrogen and oxygen atoms in total. The lowest BCUT2D eigenvalue weighted by Crippen LogP contribution is -2.55. The van der Waals surface area contributed by atoms with Crippen molar-refractivity contribution >= 4 is 29.6 Å². The van der Waals surface area contributed by atoms with E-state index in [1.807, 2.05) is 0 Å². The van der Waals surface area contributed by atoms with Crippen LogP contribution in [-0.2, 0) is 12.8 Å². The molecule has 116 valence electrons. The van der Waals surface area contributed by atoms with Crippen LogP contribution in [0.5, 0.6) is 0 Å². The van der Waals surface area contributed by atoms with Gasteiger partial charge in [-0.2, -0.15) is 0 Å². The van der Waals surface area contributed by atoms with Crippen LogP contribution in [0.4, 0.5) is 0 Å². The minimum absolute atomic E-state index is 1.11. The summed E-state index contributed by atoms with van der Waals surface area (Å²) in [6.45, 7) is 9.55. The Morgan fingerprint density at radius 1 is 0.696 bits per heavy atom. The maximum absolute atomic E-state index is 2.53. The van der Waals surface area contributed by atoms with Gasteiger partial charge in [-0.15, -0.1) is 0 Å². The third-order valence-electron chi connectivity index (χ3n) is 5.77. The van der Waals surface area contributed by atoms with Crippen LogP contribution in [0.3, 0.4) is 0 Å². The molecule has 0 saturated carbocycles. The van der Waals surface area contributed by atoms with Crippen molar-refractivity contribution in [2.75, 3.05) is 0 Å². The topological polar surface area (TPSA) is 0 Å². The number of hydrogen-bond donors (Lipinski definition) is 0. The molecule has 0 aliphatic heterocycles. The lowest BCUT2D eigenvalue weighted by molar-refractivity contribution is 1.31. The second kappa shape index (κ2) is 5.07. The SMILES string of the molecule is CC1=CCc2c1cccc2[Si](C)(C)c1cccc2c1CC=C2C. The molecule has 0 atom stereocenters. The first-order valence-corrected chi connectivity index (χ1v) is 11.6. The van der Waals surface area contributed by atoms with E-state index in [1.54, 1.807) is 21.5 Å². The Morgan fingerprint density at radius 3 is 1.57 bits per heavy atom. The Kier molecular flexibility index (Phi) is 3.24. The third-order valence-corrected chi connectivity index (χ3v) is 9.40. The standard InChI is InChI=1S/C22H24Si/c1-15-11-13-19-17(15)7-5-9-21(19)23(3,4)22-10-6-8-18-16(2)12-14-20(18)22/h5-12H,13-14H2,1-4H3. The molecule has 0 fully saturated rings. The van der Waals surface area contributed by atoms with E-state index in [2.05, 4.69) is 75.5 Å². The van der Waals surface area contributed by atoms with Crippen molar-refractivity contribution in [1.29, 1.82) is 0 Å². The van der Waals surface area contributed by atoms with Crippen LogP contribution < -0.4 is 10.4 Å². The summed E-state index contributed by atoms with van der Waals surface area (Å²) in [5, 5.41) is 3.25. The highest BCUT2D eigenvalue weighted by molar-refractivity contribution is 7.01. The summed E-state index contributed by atoms with van der Waals surface area (Å²) in [7, 11) is -1.70. The van der Waals surface area contributed by atoms with Crippen molar-refractivity contribution in [3.8, 4) is 0 Å². The molecule has 0 N–H and O–H groups in total. The molecule has 2 aromatic rings. The van der Waals surface area contributed by atoms with Crippen LogP contribution in [0.2, 0.25) is 13.1 Å². The normalized spacial score (nSPS) is 16.0. The van der Waals surface area contributed by atoms with E-state index in [4.69, 9.17) is 0 Å². The highest BCUT2D eigenvalue weighted by Crippen LogP contribution is 2.30. The lowest BCUT2D eigenvalue weighted by Gasteiger charge is -2.29. The second-order valence-electron chi connectivity index (χ2n) is 7.47. The maximum atomic E-state index is 2.53. The second-order valence-corrected chi connectivity index (χ2v) is 11.8. The lowest BCUT2D eigenvalue weighted by atomic mass is 10.1. The van der Waals surface area contributed by atoms with Gasteiger partial charge in [0.1, 0.15) is 8.07 Å². The van der Waals surface area contributed by atoms with Crippen molar-refractivity contribution in [1.82, 2.24) is 0 Å². The average Bonchev–Trinajstić information content (AvgIpc) is 3.11. The monoisotopic (exact) mass is 316 g/mol. The van der Waals surface area contributed by atoms with Gasteiger partial charge in [0.2, 0.25) is 0 Å². The Morgan fingerprint density at radius 2 is 1.13 bits per heavy atom. The Bertz CT molecular complexity index is 794. The van der Waals surface area contributed by atoms with Gasteiger partial charge in [-0.3, -0.25) is 0 Å². The number of rotatable bonds is 2. The molecule has 0 unspecified atom stereocenters. The van der Waals surface area contributed by atoms with E-state index in [0.29, 0.717) is 0 Å². The third kappa shape index (κ3) is 2.10. The molecule has 23 heavy (non-hydrogen) atoms. The molecular weight excluding hydrogens is 292 g/mol. The molecule has 0 aromatic heterocycles. The van der Waals surface area contributed by atoms with Gasteiger partial charge in [-0.05, 0) is 60.1 Å². The van der Waals surface area contributed by atoms with E-state index >= 15 is 0 Å². The zero-order valence-corrected chi connectivity index (χ0v) is 15.5. The molecule has 2 aliphatic carbocycles. The summed E-state index contributed by atoms with van der Waals surface area (Å²) >= 11 is 0. The van der Waals surface area contributed by atoms with Crippen LogP contribution in [-0.4, -0.2) is 8.07 Å². The predicted octanol–water partition coefficient (Wildman–Crippen LogP) is 4.43. The highest BCUT2D eigenvalue weighted by Gasteiger charge is 2.33. The van der Waals surface area contributed by atoms with Crippen LogP contribution in [0.25, 0.3) is 11.1 Å². The Labute approximate surface area is 140 Å². The molecule has 0 bridgehead atoms. The van der Waals surface area contributed by atoms with E-state index in [1.165, 1.54) is 22.3 Å². The number of fused-ring (bicyclic) bond motifs is 2. The first-order chi connectivity index (χ1) is 11.0. The number of benzene rings is 2. The van der Waals surface area contributed by atoms with Gasteiger partial charge in [-0.1, -0.05) is 72.0 Å². The molecule has 0 saturated heterocycles. The van der Waals surface area contributed by atoms with Crippen molar-refractivity contribution in [2.45, 2.75) is 39.8 Å². The van der Waals surface area contributed by atoms with E-state index in [9.17, 15) is 0 Å². The summed E-state index contributed by atoms with van der Waals surface area (Å²) in [6.07, 6.45) is 7.00. The van der Waals surface area contributed by atoms with Gasteiger partial charge in [0.25, 0.3) is 0 Å². The zero-order chi connectivity index (χ0) is 16.2. The predicted molar refractivity (Wildman–Crippen MR) is 104 cm³/mol. The minimum Gasteiger partial charge on any atom is -0.0766 e. The number of allylic oxidation sites excluding steroid dienone is 4.